The van der Waals surface area contributed by atoms with Crippen LogP contribution in [0, 0.1) is 10.1 Å². The Morgan fingerprint density at radius 1 is 1.44 bits per heavy atom. The monoisotopic (exact) mass is 251 g/mol. The number of nitrogens with zero attached hydrogens (tertiary/aromatic N) is 2. The van der Waals surface area contributed by atoms with Crippen molar-refractivity contribution in [3.8, 4) is 0 Å². The van der Waals surface area contributed by atoms with Gasteiger partial charge in [0.25, 0.3) is 5.69 Å². The molecule has 96 valence electrons. The van der Waals surface area contributed by atoms with E-state index in [2.05, 4.69) is 0 Å². The van der Waals surface area contributed by atoms with Gasteiger partial charge in [0.05, 0.1) is 11.0 Å². The quantitative estimate of drug-likeness (QED) is 0.581. The first-order valence-electron chi connectivity index (χ1n) is 5.47. The molecule has 1 amide bonds. The third-order valence-corrected chi connectivity index (χ3v) is 3.00. The second kappa shape index (κ2) is 4.61. The van der Waals surface area contributed by atoms with Gasteiger partial charge in [-0.05, 0) is 12.1 Å². The highest BCUT2D eigenvalue weighted by molar-refractivity contribution is 5.84. The van der Waals surface area contributed by atoms with Gasteiger partial charge in [-0.15, -0.1) is 0 Å². The molecule has 1 aliphatic rings. The number of benzene rings is 1. The molecule has 1 heterocycles. The Hall–Kier alpha value is -2.15. The summed E-state index contributed by atoms with van der Waals surface area (Å²) in [6.45, 7) is 0.297. The SMILES string of the molecule is NC(=O)[C@H]1C[C@@H](O)CN1c1ccc([N+](=O)[O-])cc1. The fraction of sp³-hybridized carbons (Fsp3) is 0.364. The van der Waals surface area contributed by atoms with Gasteiger partial charge in [-0.3, -0.25) is 14.9 Å². The second-order valence-corrected chi connectivity index (χ2v) is 4.23. The van der Waals surface area contributed by atoms with Gasteiger partial charge in [0.2, 0.25) is 5.91 Å². The molecule has 0 aromatic heterocycles. The molecule has 1 aromatic carbocycles. The molecule has 0 radical (unpaired) electrons. The normalized spacial score (nSPS) is 23.1. The van der Waals surface area contributed by atoms with E-state index in [1.54, 1.807) is 17.0 Å². The van der Waals surface area contributed by atoms with E-state index in [0.717, 1.165) is 0 Å². The summed E-state index contributed by atoms with van der Waals surface area (Å²) in [5.74, 6) is -0.509. The Morgan fingerprint density at radius 3 is 2.56 bits per heavy atom. The van der Waals surface area contributed by atoms with Gasteiger partial charge in [0.1, 0.15) is 6.04 Å². The van der Waals surface area contributed by atoms with Crippen LogP contribution in [-0.4, -0.2) is 34.6 Å². The van der Waals surface area contributed by atoms with Crippen LogP contribution < -0.4 is 10.6 Å². The first kappa shape index (κ1) is 12.3. The topological polar surface area (TPSA) is 110 Å². The number of amides is 1. The smallest absolute Gasteiger partial charge is 0.269 e. The van der Waals surface area contributed by atoms with Crippen LogP contribution in [0.3, 0.4) is 0 Å². The number of aliphatic hydroxyl groups is 1. The fourth-order valence-corrected chi connectivity index (χ4v) is 2.13. The lowest BCUT2D eigenvalue weighted by Gasteiger charge is -2.23. The average molecular weight is 251 g/mol. The molecule has 3 N–H and O–H groups in total. The lowest BCUT2D eigenvalue weighted by atomic mass is 10.2. The molecule has 2 atom stereocenters. The maximum Gasteiger partial charge on any atom is 0.269 e. The standard InChI is InChI=1S/C11H13N3O4/c12-11(16)10-5-9(15)6-13(10)7-1-3-8(4-2-7)14(17)18/h1-4,9-10,15H,5-6H2,(H2,12,16)/t9-,10-/m1/s1. The number of β-amino-alcohol motifs (C(OH)–C–C–N with tert-alkyl or cyclic N) is 1. The Morgan fingerprint density at radius 2 is 2.06 bits per heavy atom. The predicted molar refractivity (Wildman–Crippen MR) is 64.0 cm³/mol. The number of hydrogen-bond donors (Lipinski definition) is 2. The summed E-state index contributed by atoms with van der Waals surface area (Å²) in [4.78, 5) is 23.0. The van der Waals surface area contributed by atoms with Crippen LogP contribution in [-0.2, 0) is 4.79 Å². The number of carbonyl (C=O) groups excluding carboxylic acids is 1. The average Bonchev–Trinajstić information content (AvgIpc) is 2.71. The van der Waals surface area contributed by atoms with Crippen molar-refractivity contribution < 1.29 is 14.8 Å². The number of nitro groups is 1. The highest BCUT2D eigenvalue weighted by Gasteiger charge is 2.34. The summed E-state index contributed by atoms with van der Waals surface area (Å²) >= 11 is 0. The van der Waals surface area contributed by atoms with Crippen molar-refractivity contribution in [2.75, 3.05) is 11.4 Å². The van der Waals surface area contributed by atoms with Crippen LogP contribution in [0.2, 0.25) is 0 Å². The molecular formula is C11H13N3O4. The molecule has 0 saturated carbocycles. The van der Waals surface area contributed by atoms with Crippen molar-refractivity contribution in [3.05, 3.63) is 34.4 Å². The number of aliphatic hydroxyl groups excluding tert-OH is 1. The number of rotatable bonds is 3. The Labute approximate surface area is 103 Å². The van der Waals surface area contributed by atoms with Crippen LogP contribution in [0.15, 0.2) is 24.3 Å². The molecular weight excluding hydrogens is 238 g/mol. The number of anilines is 1. The van der Waals surface area contributed by atoms with E-state index < -0.39 is 23.0 Å². The second-order valence-electron chi connectivity index (χ2n) is 4.23. The van der Waals surface area contributed by atoms with Crippen molar-refractivity contribution >= 4 is 17.3 Å². The van der Waals surface area contributed by atoms with E-state index in [1.165, 1.54) is 12.1 Å². The minimum absolute atomic E-state index is 0.0193. The van der Waals surface area contributed by atoms with E-state index >= 15 is 0 Å². The van der Waals surface area contributed by atoms with E-state index in [-0.39, 0.29) is 12.1 Å². The lowest BCUT2D eigenvalue weighted by Crippen LogP contribution is -2.40. The number of nitrogens with two attached hydrogens (primary N) is 1. The molecule has 7 nitrogen and oxygen atoms in total. The van der Waals surface area contributed by atoms with E-state index in [1.807, 2.05) is 0 Å². The van der Waals surface area contributed by atoms with Crippen molar-refractivity contribution in [1.82, 2.24) is 0 Å². The fourth-order valence-electron chi connectivity index (χ4n) is 2.13. The molecule has 0 unspecified atom stereocenters. The van der Waals surface area contributed by atoms with Crippen LogP contribution >= 0.6 is 0 Å². The molecule has 0 aliphatic carbocycles. The van der Waals surface area contributed by atoms with Crippen molar-refractivity contribution in [2.45, 2.75) is 18.6 Å². The molecule has 0 bridgehead atoms. The van der Waals surface area contributed by atoms with Crippen molar-refractivity contribution in [2.24, 2.45) is 5.73 Å². The van der Waals surface area contributed by atoms with Gasteiger partial charge in [0, 0.05) is 30.8 Å². The first-order chi connectivity index (χ1) is 8.49. The summed E-state index contributed by atoms with van der Waals surface area (Å²) in [6.07, 6.45) is -0.329. The van der Waals surface area contributed by atoms with Crippen LogP contribution in [0.25, 0.3) is 0 Å². The van der Waals surface area contributed by atoms with Gasteiger partial charge >= 0.3 is 0 Å². The van der Waals surface area contributed by atoms with Gasteiger partial charge in [-0.1, -0.05) is 0 Å². The maximum absolute atomic E-state index is 11.3. The molecule has 7 heteroatoms. The van der Waals surface area contributed by atoms with E-state index in [4.69, 9.17) is 5.73 Å². The summed E-state index contributed by atoms with van der Waals surface area (Å²) < 4.78 is 0. The largest absolute Gasteiger partial charge is 0.391 e. The maximum atomic E-state index is 11.3. The summed E-state index contributed by atoms with van der Waals surface area (Å²) in [5, 5.41) is 20.1. The lowest BCUT2D eigenvalue weighted by molar-refractivity contribution is -0.384. The molecule has 18 heavy (non-hydrogen) atoms. The summed E-state index contributed by atoms with van der Waals surface area (Å²) in [5.41, 5.74) is 5.89. The van der Waals surface area contributed by atoms with E-state index in [0.29, 0.717) is 12.2 Å². The molecule has 1 fully saturated rings. The van der Waals surface area contributed by atoms with Crippen LogP contribution in [0.5, 0.6) is 0 Å². The van der Waals surface area contributed by atoms with Crippen molar-refractivity contribution in [3.63, 3.8) is 0 Å². The Balaban J connectivity index is 2.24. The number of primary amides is 1. The highest BCUT2D eigenvalue weighted by atomic mass is 16.6. The first-order valence-corrected chi connectivity index (χ1v) is 5.47. The molecule has 2 rings (SSSR count). The predicted octanol–water partition coefficient (Wildman–Crippen LogP) is 0.0197. The number of nitro benzene ring substituents is 1. The number of hydrogen-bond acceptors (Lipinski definition) is 5. The molecule has 1 saturated heterocycles. The van der Waals surface area contributed by atoms with Gasteiger partial charge < -0.3 is 15.7 Å². The zero-order valence-electron chi connectivity index (χ0n) is 9.52. The van der Waals surface area contributed by atoms with Gasteiger partial charge in [-0.2, -0.15) is 0 Å². The third-order valence-electron chi connectivity index (χ3n) is 3.00. The molecule has 1 aromatic rings. The van der Waals surface area contributed by atoms with Crippen LogP contribution in [0.1, 0.15) is 6.42 Å². The highest BCUT2D eigenvalue weighted by Crippen LogP contribution is 2.27. The summed E-state index contributed by atoms with van der Waals surface area (Å²) in [6, 6.07) is 5.25. The zero-order chi connectivity index (χ0) is 13.3. The third kappa shape index (κ3) is 2.25. The number of carbonyl (C=O) groups is 1. The van der Waals surface area contributed by atoms with Gasteiger partial charge in [-0.25, -0.2) is 0 Å². The van der Waals surface area contributed by atoms with Crippen molar-refractivity contribution in [1.29, 1.82) is 0 Å². The minimum atomic E-state index is -0.613. The zero-order valence-corrected chi connectivity index (χ0v) is 9.52. The van der Waals surface area contributed by atoms with E-state index in [9.17, 15) is 20.0 Å². The Bertz CT molecular complexity index is 474. The minimum Gasteiger partial charge on any atom is -0.391 e. The summed E-state index contributed by atoms with van der Waals surface area (Å²) in [7, 11) is 0. The Kier molecular flexibility index (Phi) is 3.15. The van der Waals surface area contributed by atoms with Crippen LogP contribution in [0.4, 0.5) is 11.4 Å². The van der Waals surface area contributed by atoms with Gasteiger partial charge in [0.15, 0.2) is 0 Å². The number of non-ortho nitro benzene ring substituents is 1. The molecule has 1 aliphatic heterocycles. The molecule has 0 spiro atoms.